The molecule has 1 aliphatic rings. The molecule has 3 N–H and O–H groups in total. The third-order valence-electron chi connectivity index (χ3n) is 4.06. The number of carbonyl (C=O) groups excluding carboxylic acids is 1. The lowest BCUT2D eigenvalue weighted by molar-refractivity contribution is -0.119. The molecule has 2 aromatic rings. The van der Waals surface area contributed by atoms with Gasteiger partial charge in [-0.2, -0.15) is 0 Å². The third-order valence-corrected chi connectivity index (χ3v) is 4.75. The van der Waals surface area contributed by atoms with Crippen LogP contribution in [0.5, 0.6) is 0 Å². The molecule has 7 heteroatoms. The molecule has 0 saturated carbocycles. The fourth-order valence-electron chi connectivity index (χ4n) is 2.92. The van der Waals surface area contributed by atoms with E-state index in [9.17, 15) is 4.79 Å². The van der Waals surface area contributed by atoms with Crippen LogP contribution >= 0.6 is 11.3 Å². The number of pyridine rings is 1. The summed E-state index contributed by atoms with van der Waals surface area (Å²) in [5, 5.41) is 6.02. The molecule has 1 fully saturated rings. The van der Waals surface area contributed by atoms with E-state index >= 15 is 0 Å². The zero-order valence-corrected chi connectivity index (χ0v) is 13.8. The van der Waals surface area contributed by atoms with Gasteiger partial charge in [-0.15, -0.1) is 11.3 Å². The van der Waals surface area contributed by atoms with Gasteiger partial charge in [-0.05, 0) is 50.4 Å². The molecule has 0 atom stereocenters. The maximum atomic E-state index is 11.0. The number of hydrogen-bond donors (Lipinski definition) is 2. The fourth-order valence-corrected chi connectivity index (χ4v) is 3.46. The number of piperidine rings is 1. The van der Waals surface area contributed by atoms with Crippen LogP contribution in [-0.4, -0.2) is 40.4 Å². The number of thiazole rings is 1. The highest BCUT2D eigenvalue weighted by molar-refractivity contribution is 7.13. The molecule has 0 spiro atoms. The Morgan fingerprint density at radius 2 is 2.22 bits per heavy atom. The van der Waals surface area contributed by atoms with Gasteiger partial charge in [0.05, 0.1) is 6.54 Å². The number of nitrogens with two attached hydrogens (primary N) is 1. The van der Waals surface area contributed by atoms with Gasteiger partial charge in [-0.3, -0.25) is 9.69 Å². The number of amides is 1. The molecule has 2 aromatic heterocycles. The quantitative estimate of drug-likeness (QED) is 0.846. The van der Waals surface area contributed by atoms with Crippen LogP contribution in [0.3, 0.4) is 0 Å². The van der Waals surface area contributed by atoms with Crippen molar-refractivity contribution in [3.8, 4) is 0 Å². The standard InChI is InChI=1S/C16H21N5OS/c17-14(22)11-21-7-4-12(5-8-21)10-13-2-1-3-15(19-13)20-16-18-6-9-23-16/h1-3,6,9,12H,4-5,7-8,10-11H2,(H2,17,22)(H,18,19,20). The maximum absolute atomic E-state index is 11.0. The first-order chi connectivity index (χ1) is 11.2. The van der Waals surface area contributed by atoms with E-state index in [0.717, 1.165) is 49.0 Å². The van der Waals surface area contributed by atoms with Crippen molar-refractivity contribution in [2.45, 2.75) is 19.3 Å². The van der Waals surface area contributed by atoms with E-state index in [-0.39, 0.29) is 5.91 Å². The summed E-state index contributed by atoms with van der Waals surface area (Å²) < 4.78 is 0. The molecule has 1 amide bonds. The summed E-state index contributed by atoms with van der Waals surface area (Å²) in [6.07, 6.45) is 4.91. The molecule has 6 nitrogen and oxygen atoms in total. The van der Waals surface area contributed by atoms with Crippen LogP contribution in [0.25, 0.3) is 0 Å². The number of carbonyl (C=O) groups is 1. The van der Waals surface area contributed by atoms with Gasteiger partial charge in [-0.1, -0.05) is 6.07 Å². The van der Waals surface area contributed by atoms with Crippen LogP contribution in [0.15, 0.2) is 29.8 Å². The van der Waals surface area contributed by atoms with Crippen molar-refractivity contribution in [1.29, 1.82) is 0 Å². The molecule has 0 unspecified atom stereocenters. The van der Waals surface area contributed by atoms with Gasteiger partial charge in [0.25, 0.3) is 0 Å². The second-order valence-corrected chi connectivity index (χ2v) is 6.76. The van der Waals surface area contributed by atoms with E-state index in [1.807, 2.05) is 17.5 Å². The Hall–Kier alpha value is -1.99. The van der Waals surface area contributed by atoms with Crippen molar-refractivity contribution in [3.63, 3.8) is 0 Å². The molecule has 23 heavy (non-hydrogen) atoms. The van der Waals surface area contributed by atoms with Crippen LogP contribution in [0, 0.1) is 5.92 Å². The highest BCUT2D eigenvalue weighted by Crippen LogP contribution is 2.22. The lowest BCUT2D eigenvalue weighted by Crippen LogP contribution is -2.39. The Morgan fingerprint density at radius 3 is 2.91 bits per heavy atom. The van der Waals surface area contributed by atoms with Crippen molar-refractivity contribution in [1.82, 2.24) is 14.9 Å². The summed E-state index contributed by atoms with van der Waals surface area (Å²) in [7, 11) is 0. The Bertz CT molecular complexity index is 638. The monoisotopic (exact) mass is 331 g/mol. The van der Waals surface area contributed by atoms with Crippen LogP contribution in [-0.2, 0) is 11.2 Å². The van der Waals surface area contributed by atoms with Crippen molar-refractivity contribution >= 4 is 28.2 Å². The SMILES string of the molecule is NC(=O)CN1CCC(Cc2cccc(Nc3nccs3)n2)CC1. The highest BCUT2D eigenvalue weighted by Gasteiger charge is 2.20. The average Bonchev–Trinajstić information content (AvgIpc) is 3.02. The molecule has 3 heterocycles. The van der Waals surface area contributed by atoms with E-state index in [2.05, 4.69) is 26.3 Å². The largest absolute Gasteiger partial charge is 0.369 e. The van der Waals surface area contributed by atoms with Gasteiger partial charge >= 0.3 is 0 Å². The number of rotatable bonds is 6. The molecule has 1 aliphatic heterocycles. The number of nitrogens with zero attached hydrogens (tertiary/aromatic N) is 3. The van der Waals surface area contributed by atoms with E-state index < -0.39 is 0 Å². The smallest absolute Gasteiger partial charge is 0.231 e. The number of nitrogens with one attached hydrogen (secondary N) is 1. The molecule has 0 bridgehead atoms. The Kier molecular flexibility index (Phi) is 5.19. The van der Waals surface area contributed by atoms with Crippen LogP contribution in [0.4, 0.5) is 10.9 Å². The van der Waals surface area contributed by atoms with Crippen molar-refractivity contribution in [3.05, 3.63) is 35.5 Å². The summed E-state index contributed by atoms with van der Waals surface area (Å²) in [6.45, 7) is 2.24. The van der Waals surface area contributed by atoms with Gasteiger partial charge < -0.3 is 11.1 Å². The molecular formula is C16H21N5OS. The molecule has 0 radical (unpaired) electrons. The van der Waals surface area contributed by atoms with Crippen molar-refractivity contribution in [2.24, 2.45) is 11.7 Å². The third kappa shape index (κ3) is 4.74. The van der Waals surface area contributed by atoms with Gasteiger partial charge in [0.15, 0.2) is 5.13 Å². The minimum atomic E-state index is -0.244. The molecule has 3 rings (SSSR count). The summed E-state index contributed by atoms with van der Waals surface area (Å²) >= 11 is 1.56. The van der Waals surface area contributed by atoms with E-state index in [0.29, 0.717) is 12.5 Å². The lowest BCUT2D eigenvalue weighted by atomic mass is 9.92. The van der Waals surface area contributed by atoms with E-state index in [1.165, 1.54) is 0 Å². The van der Waals surface area contributed by atoms with Crippen LogP contribution in [0.2, 0.25) is 0 Å². The number of aromatic nitrogens is 2. The Balaban J connectivity index is 1.53. The fraction of sp³-hybridized carbons (Fsp3) is 0.438. The zero-order valence-electron chi connectivity index (χ0n) is 12.9. The van der Waals surface area contributed by atoms with Crippen LogP contribution in [0.1, 0.15) is 18.5 Å². The average molecular weight is 331 g/mol. The first kappa shape index (κ1) is 15.9. The first-order valence-electron chi connectivity index (χ1n) is 7.82. The van der Waals surface area contributed by atoms with Crippen molar-refractivity contribution in [2.75, 3.05) is 25.0 Å². The van der Waals surface area contributed by atoms with Gasteiger partial charge in [0.1, 0.15) is 5.82 Å². The van der Waals surface area contributed by atoms with Crippen molar-refractivity contribution < 1.29 is 4.79 Å². The number of anilines is 2. The topological polar surface area (TPSA) is 84.1 Å². The normalized spacial score (nSPS) is 16.3. The minimum absolute atomic E-state index is 0.244. The predicted molar refractivity (Wildman–Crippen MR) is 91.7 cm³/mol. The Labute approximate surface area is 139 Å². The summed E-state index contributed by atoms with van der Waals surface area (Å²) in [5.74, 6) is 1.21. The number of likely N-dealkylation sites (tertiary alicyclic amines) is 1. The summed E-state index contributed by atoms with van der Waals surface area (Å²) in [5.41, 5.74) is 6.35. The van der Waals surface area contributed by atoms with E-state index in [4.69, 9.17) is 5.73 Å². The minimum Gasteiger partial charge on any atom is -0.369 e. The number of hydrogen-bond acceptors (Lipinski definition) is 6. The van der Waals surface area contributed by atoms with E-state index in [1.54, 1.807) is 17.5 Å². The summed E-state index contributed by atoms with van der Waals surface area (Å²) in [6, 6.07) is 6.06. The molecule has 122 valence electrons. The molecular weight excluding hydrogens is 310 g/mol. The highest BCUT2D eigenvalue weighted by atomic mass is 32.1. The van der Waals surface area contributed by atoms with Crippen LogP contribution < -0.4 is 11.1 Å². The summed E-state index contributed by atoms with van der Waals surface area (Å²) in [4.78, 5) is 22.0. The maximum Gasteiger partial charge on any atom is 0.231 e. The second-order valence-electron chi connectivity index (χ2n) is 5.87. The molecule has 1 saturated heterocycles. The Morgan fingerprint density at radius 1 is 1.39 bits per heavy atom. The molecule has 0 aliphatic carbocycles. The van der Waals surface area contributed by atoms with Gasteiger partial charge in [0, 0.05) is 17.3 Å². The van der Waals surface area contributed by atoms with Gasteiger partial charge in [0.2, 0.25) is 5.91 Å². The lowest BCUT2D eigenvalue weighted by Gasteiger charge is -2.30. The molecule has 0 aromatic carbocycles. The predicted octanol–water partition coefficient (Wildman–Crippen LogP) is 2.02. The second kappa shape index (κ2) is 7.52. The number of primary amides is 1. The zero-order chi connectivity index (χ0) is 16.1. The van der Waals surface area contributed by atoms with Gasteiger partial charge in [-0.25, -0.2) is 9.97 Å². The first-order valence-corrected chi connectivity index (χ1v) is 8.70.